The molecule has 0 radical (unpaired) electrons. The van der Waals surface area contributed by atoms with E-state index in [4.69, 9.17) is 5.73 Å². The van der Waals surface area contributed by atoms with Crippen LogP contribution in [0.2, 0.25) is 0 Å². The van der Waals surface area contributed by atoms with E-state index in [-0.39, 0.29) is 28.5 Å². The zero-order chi connectivity index (χ0) is 46.9. The lowest BCUT2D eigenvalue weighted by molar-refractivity contribution is 0.330. The molecule has 0 amide bonds. The summed E-state index contributed by atoms with van der Waals surface area (Å²) in [5.74, 6) is 0. The molecule has 1 fully saturated rings. The molecule has 5 heteroatoms. The van der Waals surface area contributed by atoms with E-state index in [1.807, 2.05) is 0 Å². The first-order chi connectivity index (χ1) is 32.7. The number of anilines is 9. The lowest BCUT2D eigenvalue weighted by atomic mass is 9.33. The Kier molecular flexibility index (Phi) is 9.36. The van der Waals surface area contributed by atoms with Gasteiger partial charge in [0.05, 0.1) is 16.9 Å². The summed E-state index contributed by atoms with van der Waals surface area (Å²) in [5, 5.41) is 0. The Morgan fingerprint density at radius 2 is 0.941 bits per heavy atom. The maximum Gasteiger partial charge on any atom is 0.252 e. The molecular formula is C63H61BN4. The van der Waals surface area contributed by atoms with Gasteiger partial charge in [0.15, 0.2) is 0 Å². The van der Waals surface area contributed by atoms with E-state index >= 15 is 0 Å². The van der Waals surface area contributed by atoms with Crippen molar-refractivity contribution in [2.24, 2.45) is 0 Å². The van der Waals surface area contributed by atoms with Crippen LogP contribution in [0.15, 0.2) is 176 Å². The molecule has 0 spiro atoms. The standard InChI is InChI=1S/C63H61BN4/c1-60(2,3)43-28-31-52(47(36-43)41-20-11-9-12-21-41)66-55-26-17-15-24-50(55)64-51-25-16-18-27-56(51)67(53-32-29-44(61(4,5)6)37-48(53)42-22-13-10-14-23-42)58-40-46(39-57(66)59(58)64)68-54-33-30-45(65)38-49(54)62(7)34-19-35-63(62,68)8/h9-18,20-33,36-40H,19,34-35,65H2,1-8H3. The van der Waals surface area contributed by atoms with Gasteiger partial charge in [-0.15, -0.1) is 0 Å². The Balaban J connectivity index is 1.22. The number of hydrogen-bond donors (Lipinski definition) is 1. The summed E-state index contributed by atoms with van der Waals surface area (Å²) in [4.78, 5) is 7.96. The summed E-state index contributed by atoms with van der Waals surface area (Å²) >= 11 is 0. The summed E-state index contributed by atoms with van der Waals surface area (Å²) < 4.78 is 0. The lowest BCUT2D eigenvalue weighted by Crippen LogP contribution is -2.61. The highest BCUT2D eigenvalue weighted by molar-refractivity contribution is 7.00. The SMILES string of the molecule is CC(C)(C)c1ccc(N2c3ccccc3B3c4ccccc4N(c4ccc(C(C)(C)C)cc4-c4ccccc4)c4cc(N5c6ccc(N)cc6C6(C)CCCC56C)cc2c43)c(-c2ccccc2)c1. The second-order valence-corrected chi connectivity index (χ2v) is 22.4. The van der Waals surface area contributed by atoms with Crippen molar-refractivity contribution >= 4 is 74.3 Å². The zero-order valence-electron chi connectivity index (χ0n) is 40.9. The Hall–Kier alpha value is -6.98. The largest absolute Gasteiger partial charge is 0.399 e. The number of fused-ring (bicyclic) bond motifs is 7. The minimum Gasteiger partial charge on any atom is -0.399 e. The summed E-state index contributed by atoms with van der Waals surface area (Å²) in [6.45, 7) is 18.9. The van der Waals surface area contributed by atoms with Gasteiger partial charge in [-0.05, 0) is 142 Å². The Labute approximate surface area is 404 Å². The molecule has 3 heterocycles. The topological polar surface area (TPSA) is 35.7 Å². The molecular weight excluding hydrogens is 824 g/mol. The van der Waals surface area contributed by atoms with Crippen LogP contribution in [0.4, 0.5) is 51.2 Å². The highest BCUT2D eigenvalue weighted by Crippen LogP contribution is 2.63. The van der Waals surface area contributed by atoms with Crippen molar-refractivity contribution in [3.63, 3.8) is 0 Å². The first kappa shape index (κ1) is 42.4. The molecule has 4 aliphatic rings. The molecule has 8 aromatic carbocycles. The van der Waals surface area contributed by atoms with E-state index in [2.05, 4.69) is 246 Å². The fraction of sp³-hybridized carbons (Fsp3) is 0.238. The van der Waals surface area contributed by atoms with Crippen LogP contribution in [-0.2, 0) is 16.2 Å². The van der Waals surface area contributed by atoms with Crippen LogP contribution in [0.1, 0.15) is 91.3 Å². The maximum absolute atomic E-state index is 6.68. The monoisotopic (exact) mass is 884 g/mol. The van der Waals surface area contributed by atoms with Gasteiger partial charge in [0.2, 0.25) is 0 Å². The molecule has 12 rings (SSSR count). The number of nitrogens with zero attached hydrogens (tertiary/aromatic N) is 3. The van der Waals surface area contributed by atoms with E-state index in [1.54, 1.807) is 0 Å². The molecule has 4 nitrogen and oxygen atoms in total. The second-order valence-electron chi connectivity index (χ2n) is 22.4. The molecule has 2 unspecified atom stereocenters. The summed E-state index contributed by atoms with van der Waals surface area (Å²) in [5.41, 5.74) is 29.6. The molecule has 1 aliphatic carbocycles. The molecule has 3 aliphatic heterocycles. The summed E-state index contributed by atoms with van der Waals surface area (Å²) in [7, 11) is 0. The van der Waals surface area contributed by atoms with Crippen molar-refractivity contribution < 1.29 is 0 Å². The van der Waals surface area contributed by atoms with Gasteiger partial charge in [-0.1, -0.05) is 164 Å². The molecule has 0 bridgehead atoms. The lowest BCUT2D eigenvalue weighted by Gasteiger charge is -2.47. The predicted molar refractivity (Wildman–Crippen MR) is 291 cm³/mol. The van der Waals surface area contributed by atoms with Crippen LogP contribution in [0.3, 0.4) is 0 Å². The van der Waals surface area contributed by atoms with Gasteiger partial charge in [-0.3, -0.25) is 0 Å². The van der Waals surface area contributed by atoms with E-state index in [0.717, 1.165) is 24.9 Å². The van der Waals surface area contributed by atoms with Gasteiger partial charge in [0, 0.05) is 56.4 Å². The molecule has 0 saturated heterocycles. The third-order valence-electron chi connectivity index (χ3n) is 16.4. The van der Waals surface area contributed by atoms with E-state index in [0.29, 0.717) is 0 Å². The number of nitrogens with two attached hydrogens (primary N) is 1. The Morgan fingerprint density at radius 3 is 1.44 bits per heavy atom. The van der Waals surface area contributed by atoms with Crippen LogP contribution in [-0.4, -0.2) is 12.3 Å². The number of nitrogen functional groups attached to an aromatic ring is 1. The molecule has 1 saturated carbocycles. The number of benzene rings is 8. The third-order valence-corrected chi connectivity index (χ3v) is 16.4. The summed E-state index contributed by atoms with van der Waals surface area (Å²) in [6.07, 6.45) is 3.37. The molecule has 2 N–H and O–H groups in total. The number of hydrogen-bond acceptors (Lipinski definition) is 4. The smallest absolute Gasteiger partial charge is 0.252 e. The highest BCUT2D eigenvalue weighted by atomic mass is 15.3. The van der Waals surface area contributed by atoms with Gasteiger partial charge in [-0.2, -0.15) is 0 Å². The molecule has 68 heavy (non-hydrogen) atoms. The third kappa shape index (κ3) is 6.20. The fourth-order valence-corrected chi connectivity index (χ4v) is 12.6. The average Bonchev–Trinajstić information content (AvgIpc) is 3.74. The summed E-state index contributed by atoms with van der Waals surface area (Å²) in [6, 6.07) is 66.6. The van der Waals surface area contributed by atoms with Gasteiger partial charge >= 0.3 is 0 Å². The second kappa shape index (κ2) is 15.0. The van der Waals surface area contributed by atoms with Crippen molar-refractivity contribution in [1.82, 2.24) is 0 Å². The van der Waals surface area contributed by atoms with Crippen molar-refractivity contribution in [2.45, 2.75) is 96.4 Å². The van der Waals surface area contributed by atoms with Crippen LogP contribution < -0.4 is 36.8 Å². The molecule has 8 aromatic rings. The first-order valence-corrected chi connectivity index (χ1v) is 24.7. The van der Waals surface area contributed by atoms with Gasteiger partial charge in [-0.25, -0.2) is 0 Å². The van der Waals surface area contributed by atoms with E-state index in [1.165, 1.54) is 101 Å². The van der Waals surface area contributed by atoms with Crippen molar-refractivity contribution in [3.8, 4) is 22.3 Å². The Bertz CT molecular complexity index is 3130. The van der Waals surface area contributed by atoms with Crippen molar-refractivity contribution in [3.05, 3.63) is 193 Å². The van der Waals surface area contributed by atoms with E-state index in [9.17, 15) is 0 Å². The molecule has 336 valence electrons. The minimum atomic E-state index is -0.175. The van der Waals surface area contributed by atoms with Gasteiger partial charge in [0.1, 0.15) is 0 Å². The van der Waals surface area contributed by atoms with Gasteiger partial charge in [0.25, 0.3) is 6.71 Å². The van der Waals surface area contributed by atoms with Crippen LogP contribution in [0.5, 0.6) is 0 Å². The number of para-hydroxylation sites is 2. The van der Waals surface area contributed by atoms with E-state index < -0.39 is 0 Å². The quantitative estimate of drug-likeness (QED) is 0.138. The van der Waals surface area contributed by atoms with Gasteiger partial charge < -0.3 is 20.4 Å². The first-order valence-electron chi connectivity index (χ1n) is 24.7. The van der Waals surface area contributed by atoms with Crippen LogP contribution in [0.25, 0.3) is 22.3 Å². The maximum atomic E-state index is 6.68. The zero-order valence-corrected chi connectivity index (χ0v) is 40.9. The fourth-order valence-electron chi connectivity index (χ4n) is 12.6. The average molecular weight is 885 g/mol. The molecule has 0 aromatic heterocycles. The minimum absolute atomic E-state index is 0.00464. The van der Waals surface area contributed by atoms with Crippen molar-refractivity contribution in [1.29, 1.82) is 0 Å². The van der Waals surface area contributed by atoms with Crippen molar-refractivity contribution in [2.75, 3.05) is 20.4 Å². The molecule has 2 atom stereocenters. The predicted octanol–water partition coefficient (Wildman–Crippen LogP) is 14.6. The normalized spacial score (nSPS) is 19.1. The highest BCUT2D eigenvalue weighted by Gasteiger charge is 2.60. The Morgan fingerprint density at radius 1 is 0.471 bits per heavy atom. The van der Waals surface area contributed by atoms with Crippen LogP contribution in [0, 0.1) is 0 Å². The number of rotatable bonds is 5. The van der Waals surface area contributed by atoms with Crippen LogP contribution >= 0.6 is 0 Å².